The number of nitrogens with zero attached hydrogens (tertiary/aromatic N) is 1. The van der Waals surface area contributed by atoms with Gasteiger partial charge in [-0.25, -0.2) is 4.98 Å². The van der Waals surface area contributed by atoms with Crippen LogP contribution in [0.25, 0.3) is 0 Å². The zero-order valence-electron chi connectivity index (χ0n) is 8.79. The molecule has 1 heterocycles. The molecule has 82 valence electrons. The van der Waals surface area contributed by atoms with Gasteiger partial charge < -0.3 is 16.4 Å². The summed E-state index contributed by atoms with van der Waals surface area (Å²) in [7, 11) is 0. The molecule has 0 unspecified atom stereocenters. The van der Waals surface area contributed by atoms with Gasteiger partial charge in [0.05, 0.1) is 11.9 Å². The van der Waals surface area contributed by atoms with Crippen molar-refractivity contribution in [2.75, 3.05) is 24.1 Å². The lowest BCUT2D eigenvalue weighted by molar-refractivity contribution is -0.120. The van der Waals surface area contributed by atoms with Crippen LogP contribution in [-0.4, -0.2) is 24.0 Å². The molecule has 4 N–H and O–H groups in total. The van der Waals surface area contributed by atoms with E-state index in [1.165, 1.54) is 0 Å². The Morgan fingerprint density at radius 3 is 2.87 bits per heavy atom. The molecular weight excluding hydrogens is 192 g/mol. The fourth-order valence-corrected chi connectivity index (χ4v) is 1.03. The standard InChI is InChI=1S/C10H16N4O/c1-2-10(15)13-6-5-12-9-4-3-8(11)7-14-9/h3-4,7H,2,5-6,11H2,1H3,(H,12,14)(H,13,15). The molecule has 1 aromatic rings. The smallest absolute Gasteiger partial charge is 0.219 e. The number of hydrogen-bond acceptors (Lipinski definition) is 4. The van der Waals surface area contributed by atoms with Gasteiger partial charge in [0, 0.05) is 19.5 Å². The normalized spacial score (nSPS) is 9.67. The third-order valence-electron chi connectivity index (χ3n) is 1.86. The molecule has 0 saturated heterocycles. The Balaban J connectivity index is 2.20. The molecule has 0 atom stereocenters. The number of nitrogen functional groups attached to an aromatic ring is 1. The molecule has 0 aliphatic rings. The zero-order chi connectivity index (χ0) is 11.1. The number of anilines is 2. The first kappa shape index (κ1) is 11.3. The number of carbonyl (C=O) groups is 1. The SMILES string of the molecule is CCC(=O)NCCNc1ccc(N)cn1. The van der Waals surface area contributed by atoms with Gasteiger partial charge in [0.2, 0.25) is 5.91 Å². The van der Waals surface area contributed by atoms with Crippen LogP contribution in [0.15, 0.2) is 18.3 Å². The van der Waals surface area contributed by atoms with Gasteiger partial charge in [-0.3, -0.25) is 4.79 Å². The van der Waals surface area contributed by atoms with Crippen molar-refractivity contribution < 1.29 is 4.79 Å². The molecule has 1 aromatic heterocycles. The van der Waals surface area contributed by atoms with E-state index in [1.54, 1.807) is 18.3 Å². The second-order valence-electron chi connectivity index (χ2n) is 3.11. The molecule has 0 fully saturated rings. The van der Waals surface area contributed by atoms with Crippen molar-refractivity contribution in [3.63, 3.8) is 0 Å². The van der Waals surface area contributed by atoms with E-state index in [2.05, 4.69) is 15.6 Å². The van der Waals surface area contributed by atoms with Gasteiger partial charge in [-0.1, -0.05) is 6.92 Å². The maximum absolute atomic E-state index is 10.9. The molecular formula is C10H16N4O. The summed E-state index contributed by atoms with van der Waals surface area (Å²) < 4.78 is 0. The summed E-state index contributed by atoms with van der Waals surface area (Å²) in [4.78, 5) is 15.0. The van der Waals surface area contributed by atoms with Gasteiger partial charge in [-0.2, -0.15) is 0 Å². The van der Waals surface area contributed by atoms with E-state index in [-0.39, 0.29) is 5.91 Å². The molecule has 0 aromatic carbocycles. The monoisotopic (exact) mass is 208 g/mol. The first-order valence-electron chi connectivity index (χ1n) is 4.94. The maximum atomic E-state index is 10.9. The molecule has 0 aliphatic heterocycles. The molecule has 0 radical (unpaired) electrons. The van der Waals surface area contributed by atoms with Crippen molar-refractivity contribution in [3.05, 3.63) is 18.3 Å². The van der Waals surface area contributed by atoms with Crippen LogP contribution < -0.4 is 16.4 Å². The van der Waals surface area contributed by atoms with E-state index in [4.69, 9.17) is 5.73 Å². The predicted octanol–water partition coefficient (Wildman–Crippen LogP) is 0.602. The van der Waals surface area contributed by atoms with Crippen LogP contribution in [0.2, 0.25) is 0 Å². The van der Waals surface area contributed by atoms with Crippen molar-refractivity contribution in [1.82, 2.24) is 10.3 Å². The number of aromatic nitrogens is 1. The lowest BCUT2D eigenvalue weighted by Crippen LogP contribution is -2.28. The van der Waals surface area contributed by atoms with Gasteiger partial charge in [-0.15, -0.1) is 0 Å². The predicted molar refractivity (Wildman–Crippen MR) is 60.4 cm³/mol. The second-order valence-corrected chi connectivity index (χ2v) is 3.11. The van der Waals surface area contributed by atoms with Crippen LogP contribution in [0.1, 0.15) is 13.3 Å². The summed E-state index contributed by atoms with van der Waals surface area (Å²) >= 11 is 0. The number of carbonyl (C=O) groups excluding carboxylic acids is 1. The first-order valence-corrected chi connectivity index (χ1v) is 4.94. The lowest BCUT2D eigenvalue weighted by Gasteiger charge is -2.06. The molecule has 5 heteroatoms. The molecule has 0 bridgehead atoms. The minimum Gasteiger partial charge on any atom is -0.397 e. The molecule has 5 nitrogen and oxygen atoms in total. The van der Waals surface area contributed by atoms with E-state index in [0.717, 1.165) is 5.82 Å². The average Bonchev–Trinajstić information content (AvgIpc) is 2.26. The van der Waals surface area contributed by atoms with Crippen LogP contribution >= 0.6 is 0 Å². The fraction of sp³-hybridized carbons (Fsp3) is 0.400. The highest BCUT2D eigenvalue weighted by atomic mass is 16.1. The number of amides is 1. The van der Waals surface area contributed by atoms with Gasteiger partial charge >= 0.3 is 0 Å². The molecule has 15 heavy (non-hydrogen) atoms. The van der Waals surface area contributed by atoms with Crippen LogP contribution in [0, 0.1) is 0 Å². The quantitative estimate of drug-likeness (QED) is 0.619. The minimum atomic E-state index is 0.0575. The molecule has 1 amide bonds. The first-order chi connectivity index (χ1) is 7.22. The number of pyridine rings is 1. The van der Waals surface area contributed by atoms with Crippen molar-refractivity contribution in [1.29, 1.82) is 0 Å². The summed E-state index contributed by atoms with van der Waals surface area (Å²) in [5, 5.41) is 5.83. The van der Waals surface area contributed by atoms with E-state index in [0.29, 0.717) is 25.2 Å². The van der Waals surface area contributed by atoms with E-state index in [9.17, 15) is 4.79 Å². The van der Waals surface area contributed by atoms with E-state index < -0.39 is 0 Å². The Morgan fingerprint density at radius 1 is 1.47 bits per heavy atom. The number of nitrogens with one attached hydrogen (secondary N) is 2. The summed E-state index contributed by atoms with van der Waals surface area (Å²) in [5.74, 6) is 0.817. The highest BCUT2D eigenvalue weighted by Gasteiger charge is 1.95. The summed E-state index contributed by atoms with van der Waals surface area (Å²) in [6.07, 6.45) is 2.10. The fourth-order valence-electron chi connectivity index (χ4n) is 1.03. The third-order valence-corrected chi connectivity index (χ3v) is 1.86. The van der Waals surface area contributed by atoms with E-state index in [1.807, 2.05) is 6.92 Å². The highest BCUT2D eigenvalue weighted by molar-refractivity contribution is 5.75. The Kier molecular flexibility index (Phi) is 4.40. The van der Waals surface area contributed by atoms with Crippen molar-refractivity contribution in [3.8, 4) is 0 Å². The van der Waals surface area contributed by atoms with Crippen molar-refractivity contribution in [2.45, 2.75) is 13.3 Å². The Labute approximate surface area is 89.1 Å². The van der Waals surface area contributed by atoms with Gasteiger partial charge in [0.1, 0.15) is 5.82 Å². The maximum Gasteiger partial charge on any atom is 0.219 e. The Morgan fingerprint density at radius 2 is 2.27 bits per heavy atom. The Hall–Kier alpha value is -1.78. The van der Waals surface area contributed by atoms with Crippen molar-refractivity contribution >= 4 is 17.4 Å². The number of rotatable bonds is 5. The molecule has 0 aliphatic carbocycles. The number of hydrogen-bond donors (Lipinski definition) is 3. The third kappa shape index (κ3) is 4.30. The molecule has 0 spiro atoms. The number of nitrogens with two attached hydrogens (primary N) is 1. The van der Waals surface area contributed by atoms with Crippen LogP contribution in [0.3, 0.4) is 0 Å². The average molecular weight is 208 g/mol. The van der Waals surface area contributed by atoms with Gasteiger partial charge in [-0.05, 0) is 12.1 Å². The summed E-state index contributed by atoms with van der Waals surface area (Å²) in [6.45, 7) is 3.08. The van der Waals surface area contributed by atoms with Gasteiger partial charge in [0.15, 0.2) is 0 Å². The van der Waals surface area contributed by atoms with E-state index >= 15 is 0 Å². The zero-order valence-corrected chi connectivity index (χ0v) is 8.79. The minimum absolute atomic E-state index is 0.0575. The topological polar surface area (TPSA) is 80.0 Å². The molecule has 0 saturated carbocycles. The van der Waals surface area contributed by atoms with Crippen LogP contribution in [0.5, 0.6) is 0 Å². The van der Waals surface area contributed by atoms with Gasteiger partial charge in [0.25, 0.3) is 0 Å². The van der Waals surface area contributed by atoms with Crippen LogP contribution in [0.4, 0.5) is 11.5 Å². The largest absolute Gasteiger partial charge is 0.397 e. The van der Waals surface area contributed by atoms with Crippen LogP contribution in [-0.2, 0) is 4.79 Å². The van der Waals surface area contributed by atoms with Crippen molar-refractivity contribution in [2.24, 2.45) is 0 Å². The summed E-state index contributed by atoms with van der Waals surface area (Å²) in [6, 6.07) is 3.58. The lowest BCUT2D eigenvalue weighted by atomic mass is 10.4. The Bertz CT molecular complexity index is 310. The summed E-state index contributed by atoms with van der Waals surface area (Å²) in [5.41, 5.74) is 6.13. The molecule has 1 rings (SSSR count). The highest BCUT2D eigenvalue weighted by Crippen LogP contribution is 2.04. The second kappa shape index (κ2) is 5.85.